The van der Waals surface area contributed by atoms with Crippen LogP contribution in [-0.4, -0.2) is 11.9 Å². The third kappa shape index (κ3) is 4.25. The van der Waals surface area contributed by atoms with Gasteiger partial charge in [-0.2, -0.15) is 0 Å². The number of hydrogen-bond acceptors (Lipinski definition) is 1. The highest BCUT2D eigenvalue weighted by molar-refractivity contribution is 5.69. The molecule has 1 unspecified atom stereocenters. The Morgan fingerprint density at radius 2 is 1.45 bits per heavy atom. The molecule has 0 saturated carbocycles. The molecule has 2 aliphatic rings. The summed E-state index contributed by atoms with van der Waals surface area (Å²) in [5, 5.41) is 0. The van der Waals surface area contributed by atoms with Crippen molar-refractivity contribution in [3.05, 3.63) is 138 Å². The van der Waals surface area contributed by atoms with E-state index in [0.29, 0.717) is 0 Å². The highest BCUT2D eigenvalue weighted by Gasteiger charge is 2.21. The lowest BCUT2D eigenvalue weighted by Gasteiger charge is -2.23. The van der Waals surface area contributed by atoms with Crippen molar-refractivity contribution in [3.63, 3.8) is 0 Å². The third-order valence-electron chi connectivity index (χ3n) is 5.71. The first-order valence-corrected chi connectivity index (χ1v) is 10.2. The maximum Gasteiger partial charge on any atom is 0.0405 e. The lowest BCUT2D eigenvalue weighted by Crippen LogP contribution is -2.16. The van der Waals surface area contributed by atoms with E-state index in [1.54, 1.807) is 0 Å². The van der Waals surface area contributed by atoms with E-state index in [4.69, 9.17) is 0 Å². The van der Waals surface area contributed by atoms with Crippen molar-refractivity contribution in [3.8, 4) is 0 Å². The molecule has 0 fully saturated rings. The summed E-state index contributed by atoms with van der Waals surface area (Å²) in [5.41, 5.74) is 6.18. The van der Waals surface area contributed by atoms with Crippen molar-refractivity contribution in [1.29, 1.82) is 0 Å². The molecule has 1 heteroatoms. The Kier molecular flexibility index (Phi) is 5.48. The first kappa shape index (κ1) is 19.0. The summed E-state index contributed by atoms with van der Waals surface area (Å²) in [4.78, 5) is 2.25. The molecule has 0 saturated heterocycles. The molecular formula is C28H27N. The molecule has 29 heavy (non-hydrogen) atoms. The van der Waals surface area contributed by atoms with E-state index < -0.39 is 0 Å². The van der Waals surface area contributed by atoms with E-state index in [-0.39, 0.29) is 5.41 Å². The number of rotatable bonds is 4. The molecule has 0 heterocycles. The quantitative estimate of drug-likeness (QED) is 0.565. The minimum absolute atomic E-state index is 0.103. The smallest absolute Gasteiger partial charge is 0.0405 e. The van der Waals surface area contributed by atoms with Crippen molar-refractivity contribution in [2.75, 3.05) is 7.05 Å². The molecule has 0 bridgehead atoms. The zero-order chi connectivity index (χ0) is 20.1. The summed E-state index contributed by atoms with van der Waals surface area (Å²) in [6.07, 6.45) is 21.0. The topological polar surface area (TPSA) is 3.24 Å². The minimum Gasteiger partial charge on any atom is -0.345 e. The van der Waals surface area contributed by atoms with Gasteiger partial charge >= 0.3 is 0 Å². The lowest BCUT2D eigenvalue weighted by molar-refractivity contribution is 0.553. The fourth-order valence-corrected chi connectivity index (χ4v) is 3.78. The molecule has 2 aromatic carbocycles. The second-order valence-electron chi connectivity index (χ2n) is 7.75. The maximum atomic E-state index is 2.29. The van der Waals surface area contributed by atoms with E-state index in [1.165, 1.54) is 28.1 Å². The Balaban J connectivity index is 1.57. The van der Waals surface area contributed by atoms with Crippen LogP contribution < -0.4 is 0 Å². The molecule has 0 N–H and O–H groups in total. The van der Waals surface area contributed by atoms with Gasteiger partial charge in [-0.1, -0.05) is 91.0 Å². The summed E-state index contributed by atoms with van der Waals surface area (Å²) in [6.45, 7) is 2.26. The normalized spacial score (nSPS) is 21.0. The highest BCUT2D eigenvalue weighted by Crippen LogP contribution is 2.31. The fourth-order valence-electron chi connectivity index (χ4n) is 3.78. The van der Waals surface area contributed by atoms with Gasteiger partial charge < -0.3 is 4.90 Å². The third-order valence-corrected chi connectivity index (χ3v) is 5.71. The predicted molar refractivity (Wildman–Crippen MR) is 124 cm³/mol. The Labute approximate surface area is 174 Å². The first-order valence-electron chi connectivity index (χ1n) is 10.2. The number of allylic oxidation sites excluding steroid dienone is 10. The molecule has 0 amide bonds. The average molecular weight is 378 g/mol. The van der Waals surface area contributed by atoms with Gasteiger partial charge in [0.05, 0.1) is 0 Å². The van der Waals surface area contributed by atoms with Crippen LogP contribution in [0.2, 0.25) is 0 Å². The van der Waals surface area contributed by atoms with E-state index in [9.17, 15) is 0 Å². The summed E-state index contributed by atoms with van der Waals surface area (Å²) in [7, 11) is 2.13. The molecule has 2 aliphatic carbocycles. The molecule has 0 spiro atoms. The standard InChI is InChI=1S/C28H27N/c1-28(25-14-7-4-8-15-25)21-10-17-27(20-22-28)29(2)26-16-9-13-24(18-19-26)23-11-5-3-6-12-23/h3-12,14-22H,13H2,1-2H3. The van der Waals surface area contributed by atoms with Gasteiger partial charge in [0.25, 0.3) is 0 Å². The van der Waals surface area contributed by atoms with Crippen molar-refractivity contribution >= 4 is 5.57 Å². The van der Waals surface area contributed by atoms with Crippen LogP contribution in [0.5, 0.6) is 0 Å². The van der Waals surface area contributed by atoms with E-state index in [0.717, 1.165) is 6.42 Å². The Morgan fingerprint density at radius 3 is 2.21 bits per heavy atom. The average Bonchev–Trinajstić information content (AvgIpc) is 3.14. The molecule has 4 rings (SSSR count). The lowest BCUT2D eigenvalue weighted by atomic mass is 9.82. The Bertz CT molecular complexity index is 1030. The van der Waals surface area contributed by atoms with Crippen molar-refractivity contribution < 1.29 is 0 Å². The van der Waals surface area contributed by atoms with Crippen LogP contribution in [0, 0.1) is 0 Å². The maximum absolute atomic E-state index is 2.29. The van der Waals surface area contributed by atoms with Crippen LogP contribution in [0.15, 0.2) is 127 Å². The predicted octanol–water partition coefficient (Wildman–Crippen LogP) is 6.81. The van der Waals surface area contributed by atoms with E-state index >= 15 is 0 Å². The van der Waals surface area contributed by atoms with Crippen LogP contribution in [-0.2, 0) is 5.41 Å². The van der Waals surface area contributed by atoms with Gasteiger partial charge in [0, 0.05) is 23.9 Å². The van der Waals surface area contributed by atoms with Gasteiger partial charge in [0.2, 0.25) is 0 Å². The molecule has 1 nitrogen and oxygen atoms in total. The molecule has 144 valence electrons. The molecular weight excluding hydrogens is 350 g/mol. The summed E-state index contributed by atoms with van der Waals surface area (Å²) in [5.74, 6) is 0. The first-order chi connectivity index (χ1) is 14.2. The van der Waals surface area contributed by atoms with E-state index in [1.807, 2.05) is 0 Å². The van der Waals surface area contributed by atoms with Gasteiger partial charge in [-0.25, -0.2) is 0 Å². The number of benzene rings is 2. The van der Waals surface area contributed by atoms with Crippen molar-refractivity contribution in [1.82, 2.24) is 4.90 Å². The van der Waals surface area contributed by atoms with Crippen LogP contribution >= 0.6 is 0 Å². The number of hydrogen-bond donors (Lipinski definition) is 0. The van der Waals surface area contributed by atoms with Crippen LogP contribution in [0.25, 0.3) is 5.57 Å². The van der Waals surface area contributed by atoms with Crippen LogP contribution in [0.1, 0.15) is 24.5 Å². The molecule has 0 aliphatic heterocycles. The number of nitrogens with zero attached hydrogens (tertiary/aromatic N) is 1. The Hall–Kier alpha value is -3.32. The summed E-state index contributed by atoms with van der Waals surface area (Å²) < 4.78 is 0. The zero-order valence-corrected chi connectivity index (χ0v) is 17.1. The van der Waals surface area contributed by atoms with Crippen LogP contribution in [0.3, 0.4) is 0 Å². The SMILES string of the molecule is CN(C1=CC=CC(C)(c2ccccc2)C=C1)C1=CC=C(c2ccccc2)CC=C1. The fraction of sp³-hybridized carbons (Fsp3) is 0.143. The van der Waals surface area contributed by atoms with Gasteiger partial charge in [-0.05, 0) is 54.3 Å². The Morgan fingerprint density at radius 1 is 0.759 bits per heavy atom. The van der Waals surface area contributed by atoms with E-state index in [2.05, 4.69) is 134 Å². The van der Waals surface area contributed by atoms with Crippen LogP contribution in [0.4, 0.5) is 0 Å². The van der Waals surface area contributed by atoms with Crippen molar-refractivity contribution in [2.24, 2.45) is 0 Å². The minimum atomic E-state index is -0.103. The molecule has 1 atom stereocenters. The second-order valence-corrected chi connectivity index (χ2v) is 7.75. The summed E-state index contributed by atoms with van der Waals surface area (Å²) >= 11 is 0. The van der Waals surface area contributed by atoms with Gasteiger partial charge in [-0.3, -0.25) is 0 Å². The zero-order valence-electron chi connectivity index (χ0n) is 17.1. The second kappa shape index (κ2) is 8.36. The van der Waals surface area contributed by atoms with Gasteiger partial charge in [-0.15, -0.1) is 0 Å². The largest absolute Gasteiger partial charge is 0.345 e. The summed E-state index contributed by atoms with van der Waals surface area (Å²) in [6, 6.07) is 21.3. The molecule has 0 radical (unpaired) electrons. The highest BCUT2D eigenvalue weighted by atomic mass is 15.1. The van der Waals surface area contributed by atoms with Gasteiger partial charge in [0.1, 0.15) is 0 Å². The molecule has 2 aromatic rings. The van der Waals surface area contributed by atoms with Crippen molar-refractivity contribution in [2.45, 2.75) is 18.8 Å². The van der Waals surface area contributed by atoms with Gasteiger partial charge in [0.15, 0.2) is 0 Å². The molecule has 0 aromatic heterocycles. The number of likely N-dealkylation sites (N-methyl/N-ethyl adjacent to an activating group) is 1. The monoisotopic (exact) mass is 377 g/mol.